The second kappa shape index (κ2) is 9.51. The second-order valence-corrected chi connectivity index (χ2v) is 7.57. The molecule has 1 N–H and O–H groups in total. The molecular weight excluding hydrogens is 352 g/mol. The molecule has 1 saturated heterocycles. The van der Waals surface area contributed by atoms with Gasteiger partial charge in [-0.2, -0.15) is 0 Å². The van der Waals surface area contributed by atoms with Gasteiger partial charge in [-0.05, 0) is 80.7 Å². The SMILES string of the molecule is CC(=O)c1ccc(OCC(=O)Nc2ccc(CN3CCC(C)CC3)cc2)cc1. The van der Waals surface area contributed by atoms with E-state index in [1.165, 1.54) is 25.3 Å². The molecule has 2 aromatic rings. The lowest BCUT2D eigenvalue weighted by atomic mass is 9.99. The van der Waals surface area contributed by atoms with Gasteiger partial charge in [0.25, 0.3) is 5.91 Å². The molecule has 0 saturated carbocycles. The number of carbonyl (C=O) groups excluding carboxylic acids is 2. The van der Waals surface area contributed by atoms with Gasteiger partial charge >= 0.3 is 0 Å². The first-order valence-corrected chi connectivity index (χ1v) is 9.84. The minimum Gasteiger partial charge on any atom is -0.484 e. The van der Waals surface area contributed by atoms with Crippen LogP contribution in [0.4, 0.5) is 5.69 Å². The maximum absolute atomic E-state index is 12.1. The van der Waals surface area contributed by atoms with Gasteiger partial charge in [0.1, 0.15) is 5.75 Å². The number of hydrogen-bond donors (Lipinski definition) is 1. The van der Waals surface area contributed by atoms with E-state index in [1.807, 2.05) is 12.1 Å². The van der Waals surface area contributed by atoms with Crippen LogP contribution in [-0.4, -0.2) is 36.3 Å². The van der Waals surface area contributed by atoms with Crippen LogP contribution < -0.4 is 10.1 Å². The Labute approximate surface area is 166 Å². The minimum absolute atomic E-state index is 0.00239. The van der Waals surface area contributed by atoms with Crippen molar-refractivity contribution in [1.82, 2.24) is 4.90 Å². The molecule has 1 aliphatic heterocycles. The number of nitrogens with one attached hydrogen (secondary N) is 1. The number of ether oxygens (including phenoxy) is 1. The second-order valence-electron chi connectivity index (χ2n) is 7.57. The maximum Gasteiger partial charge on any atom is 0.262 e. The molecule has 1 amide bonds. The number of piperidine rings is 1. The van der Waals surface area contributed by atoms with Crippen LogP contribution in [0.15, 0.2) is 48.5 Å². The lowest BCUT2D eigenvalue weighted by Crippen LogP contribution is -2.32. The Balaban J connectivity index is 1.44. The summed E-state index contributed by atoms with van der Waals surface area (Å²) in [6, 6.07) is 14.8. The van der Waals surface area contributed by atoms with Crippen LogP contribution in [-0.2, 0) is 11.3 Å². The Morgan fingerprint density at radius 3 is 2.29 bits per heavy atom. The molecule has 0 atom stereocenters. The summed E-state index contributed by atoms with van der Waals surface area (Å²) in [6.45, 7) is 7.03. The third kappa shape index (κ3) is 5.92. The molecule has 5 heteroatoms. The zero-order valence-electron chi connectivity index (χ0n) is 16.6. The van der Waals surface area contributed by atoms with Crippen molar-refractivity contribution in [1.29, 1.82) is 0 Å². The van der Waals surface area contributed by atoms with Crippen molar-refractivity contribution in [2.75, 3.05) is 25.0 Å². The minimum atomic E-state index is -0.214. The van der Waals surface area contributed by atoms with Crippen LogP contribution in [0.2, 0.25) is 0 Å². The summed E-state index contributed by atoms with van der Waals surface area (Å²) in [5.41, 5.74) is 2.64. The third-order valence-electron chi connectivity index (χ3n) is 5.15. The molecule has 0 bridgehead atoms. The monoisotopic (exact) mass is 380 g/mol. The van der Waals surface area contributed by atoms with E-state index < -0.39 is 0 Å². The molecule has 3 rings (SSSR count). The normalized spacial score (nSPS) is 15.2. The number of hydrogen-bond acceptors (Lipinski definition) is 4. The Morgan fingerprint density at radius 2 is 1.68 bits per heavy atom. The Bertz CT molecular complexity index is 792. The molecule has 1 heterocycles. The molecule has 148 valence electrons. The van der Waals surface area contributed by atoms with Crippen LogP contribution in [0, 0.1) is 5.92 Å². The number of nitrogens with zero attached hydrogens (tertiary/aromatic N) is 1. The summed E-state index contributed by atoms with van der Waals surface area (Å²) >= 11 is 0. The number of likely N-dealkylation sites (tertiary alicyclic amines) is 1. The predicted molar refractivity (Wildman–Crippen MR) is 111 cm³/mol. The van der Waals surface area contributed by atoms with Gasteiger partial charge in [-0.15, -0.1) is 0 Å². The smallest absolute Gasteiger partial charge is 0.262 e. The van der Waals surface area contributed by atoms with Crippen molar-refractivity contribution in [3.8, 4) is 5.75 Å². The number of rotatable bonds is 7. The zero-order chi connectivity index (χ0) is 19.9. The van der Waals surface area contributed by atoms with Crippen LogP contribution >= 0.6 is 0 Å². The molecule has 0 unspecified atom stereocenters. The first kappa shape index (κ1) is 20.1. The standard InChI is InChI=1S/C23H28N2O3/c1-17-11-13-25(14-12-17)15-19-3-7-21(8-4-19)24-23(27)16-28-22-9-5-20(6-10-22)18(2)26/h3-10,17H,11-16H2,1-2H3,(H,24,27). The van der Waals surface area contributed by atoms with Gasteiger partial charge in [0, 0.05) is 17.8 Å². The molecular formula is C23H28N2O3. The van der Waals surface area contributed by atoms with E-state index in [0.29, 0.717) is 11.3 Å². The number of amides is 1. The van der Waals surface area contributed by atoms with E-state index in [-0.39, 0.29) is 18.3 Å². The maximum atomic E-state index is 12.1. The van der Waals surface area contributed by atoms with Gasteiger partial charge in [-0.25, -0.2) is 0 Å². The fourth-order valence-corrected chi connectivity index (χ4v) is 3.30. The summed E-state index contributed by atoms with van der Waals surface area (Å²) in [7, 11) is 0. The summed E-state index contributed by atoms with van der Waals surface area (Å²) in [4.78, 5) is 25.8. The molecule has 0 aromatic heterocycles. The van der Waals surface area contributed by atoms with E-state index >= 15 is 0 Å². The van der Waals surface area contributed by atoms with Crippen molar-refractivity contribution in [2.24, 2.45) is 5.92 Å². The zero-order valence-corrected chi connectivity index (χ0v) is 16.6. The molecule has 2 aromatic carbocycles. The molecule has 28 heavy (non-hydrogen) atoms. The predicted octanol–water partition coefficient (Wildman–Crippen LogP) is 4.14. The fraction of sp³-hybridized carbons (Fsp3) is 0.391. The van der Waals surface area contributed by atoms with Crippen LogP contribution in [0.5, 0.6) is 5.75 Å². The van der Waals surface area contributed by atoms with Gasteiger partial charge in [-0.3, -0.25) is 14.5 Å². The lowest BCUT2D eigenvalue weighted by Gasteiger charge is -2.30. The van der Waals surface area contributed by atoms with Gasteiger partial charge in [0.2, 0.25) is 0 Å². The van der Waals surface area contributed by atoms with E-state index in [1.54, 1.807) is 24.3 Å². The highest BCUT2D eigenvalue weighted by Crippen LogP contribution is 2.19. The molecule has 1 aliphatic rings. The van der Waals surface area contributed by atoms with Crippen molar-refractivity contribution in [2.45, 2.75) is 33.2 Å². The molecule has 0 spiro atoms. The van der Waals surface area contributed by atoms with Crippen molar-refractivity contribution >= 4 is 17.4 Å². The van der Waals surface area contributed by atoms with Gasteiger partial charge in [0.15, 0.2) is 12.4 Å². The quantitative estimate of drug-likeness (QED) is 0.734. The largest absolute Gasteiger partial charge is 0.484 e. The van der Waals surface area contributed by atoms with E-state index in [4.69, 9.17) is 4.74 Å². The molecule has 5 nitrogen and oxygen atoms in total. The Hall–Kier alpha value is -2.66. The first-order valence-electron chi connectivity index (χ1n) is 9.84. The van der Waals surface area contributed by atoms with E-state index in [2.05, 4.69) is 29.3 Å². The topological polar surface area (TPSA) is 58.6 Å². The number of benzene rings is 2. The van der Waals surface area contributed by atoms with E-state index in [9.17, 15) is 9.59 Å². The van der Waals surface area contributed by atoms with Crippen LogP contribution in [0.1, 0.15) is 42.6 Å². The molecule has 0 aliphatic carbocycles. The fourth-order valence-electron chi connectivity index (χ4n) is 3.30. The molecule has 0 radical (unpaired) electrons. The summed E-state index contributed by atoms with van der Waals surface area (Å²) in [5.74, 6) is 1.19. The summed E-state index contributed by atoms with van der Waals surface area (Å²) < 4.78 is 5.48. The average Bonchev–Trinajstić information content (AvgIpc) is 2.70. The lowest BCUT2D eigenvalue weighted by molar-refractivity contribution is -0.118. The van der Waals surface area contributed by atoms with E-state index in [0.717, 1.165) is 31.2 Å². The van der Waals surface area contributed by atoms with Crippen molar-refractivity contribution in [3.05, 3.63) is 59.7 Å². The number of carbonyl (C=O) groups is 2. The van der Waals surface area contributed by atoms with Crippen molar-refractivity contribution < 1.29 is 14.3 Å². The number of ketones is 1. The van der Waals surface area contributed by atoms with Crippen molar-refractivity contribution in [3.63, 3.8) is 0 Å². The van der Waals surface area contributed by atoms with Crippen LogP contribution in [0.3, 0.4) is 0 Å². The summed E-state index contributed by atoms with van der Waals surface area (Å²) in [5, 5.41) is 2.85. The first-order chi connectivity index (χ1) is 13.5. The highest BCUT2D eigenvalue weighted by Gasteiger charge is 2.15. The summed E-state index contributed by atoms with van der Waals surface area (Å²) in [6.07, 6.45) is 2.54. The van der Waals surface area contributed by atoms with Crippen LogP contribution in [0.25, 0.3) is 0 Å². The van der Waals surface area contributed by atoms with Gasteiger partial charge < -0.3 is 10.1 Å². The van der Waals surface area contributed by atoms with Gasteiger partial charge in [0.05, 0.1) is 0 Å². The number of anilines is 1. The van der Waals surface area contributed by atoms with Gasteiger partial charge in [-0.1, -0.05) is 19.1 Å². The number of Topliss-reactive ketones (excluding diaryl/α,β-unsaturated/α-hetero) is 1. The molecule has 1 fully saturated rings. The highest BCUT2D eigenvalue weighted by molar-refractivity contribution is 5.94. The Morgan fingerprint density at radius 1 is 1.04 bits per heavy atom. The highest BCUT2D eigenvalue weighted by atomic mass is 16.5. The average molecular weight is 380 g/mol. The third-order valence-corrected chi connectivity index (χ3v) is 5.15. The Kier molecular flexibility index (Phi) is 6.82.